The van der Waals surface area contributed by atoms with Crippen molar-refractivity contribution >= 4 is 11.7 Å². The summed E-state index contributed by atoms with van der Waals surface area (Å²) < 4.78 is 5.39. The molecule has 2 N–H and O–H groups in total. The molecule has 0 fully saturated rings. The Kier molecular flexibility index (Phi) is 6.64. The highest BCUT2D eigenvalue weighted by atomic mass is 16.5. The Morgan fingerprint density at radius 3 is 2.55 bits per heavy atom. The number of anilines is 1. The van der Waals surface area contributed by atoms with Crippen molar-refractivity contribution < 1.29 is 9.32 Å². The molecular weight excluding hydrogens is 390 g/mol. The number of para-hydroxylation sites is 1. The summed E-state index contributed by atoms with van der Waals surface area (Å²) in [7, 11) is 0. The number of aryl methyl sites for hydroxylation is 1. The lowest BCUT2D eigenvalue weighted by molar-refractivity contribution is 0.252. The average Bonchev–Trinajstić information content (AvgIpc) is 3.28. The smallest absolute Gasteiger partial charge is 0.319 e. The van der Waals surface area contributed by atoms with Crippen molar-refractivity contribution in [2.45, 2.75) is 19.3 Å². The first-order valence-corrected chi connectivity index (χ1v) is 10.2. The molecule has 7 heteroatoms. The van der Waals surface area contributed by atoms with E-state index in [2.05, 4.69) is 37.9 Å². The highest BCUT2D eigenvalue weighted by molar-refractivity contribution is 5.90. The molecule has 0 unspecified atom stereocenters. The molecule has 0 saturated heterocycles. The lowest BCUT2D eigenvalue weighted by Gasteiger charge is -2.11. The number of hydrogen-bond acceptors (Lipinski definition) is 5. The minimum Gasteiger partial charge on any atom is -0.339 e. The van der Waals surface area contributed by atoms with Crippen molar-refractivity contribution in [2.24, 2.45) is 0 Å². The molecule has 31 heavy (non-hydrogen) atoms. The summed E-state index contributed by atoms with van der Waals surface area (Å²) >= 11 is 0. The van der Waals surface area contributed by atoms with E-state index >= 15 is 0 Å². The van der Waals surface area contributed by atoms with E-state index in [1.807, 2.05) is 54.6 Å². The van der Waals surface area contributed by atoms with Crippen LogP contribution in [-0.2, 0) is 12.8 Å². The minimum absolute atomic E-state index is 0.233. The number of carbonyl (C=O) groups is 1. The molecule has 0 aliphatic rings. The fourth-order valence-electron chi connectivity index (χ4n) is 3.21. The molecule has 0 bridgehead atoms. The van der Waals surface area contributed by atoms with Crippen LogP contribution < -0.4 is 10.6 Å². The van der Waals surface area contributed by atoms with Crippen LogP contribution in [0.15, 0.2) is 83.6 Å². The Bertz CT molecular complexity index is 1110. The first-order chi connectivity index (χ1) is 15.3. The quantitative estimate of drug-likeness (QED) is 0.416. The highest BCUT2D eigenvalue weighted by Gasteiger charge is 2.12. The van der Waals surface area contributed by atoms with Crippen LogP contribution in [0, 0.1) is 0 Å². The van der Waals surface area contributed by atoms with E-state index in [0.29, 0.717) is 30.4 Å². The second-order valence-electron chi connectivity index (χ2n) is 7.05. The van der Waals surface area contributed by atoms with Crippen LogP contribution in [-0.4, -0.2) is 27.7 Å². The molecule has 0 atom stereocenters. The molecule has 0 aliphatic heterocycles. The van der Waals surface area contributed by atoms with E-state index in [1.54, 1.807) is 12.4 Å². The molecule has 0 radical (unpaired) electrons. The minimum atomic E-state index is -0.233. The first kappa shape index (κ1) is 20.3. The molecule has 7 nitrogen and oxygen atoms in total. The van der Waals surface area contributed by atoms with Crippen LogP contribution in [0.1, 0.15) is 23.4 Å². The zero-order chi connectivity index (χ0) is 21.3. The van der Waals surface area contributed by atoms with Gasteiger partial charge in [0.25, 0.3) is 0 Å². The number of benzene rings is 2. The molecule has 2 aromatic carbocycles. The first-order valence-electron chi connectivity index (χ1n) is 10.2. The number of pyridine rings is 1. The van der Waals surface area contributed by atoms with Crippen LogP contribution in [0.25, 0.3) is 11.4 Å². The van der Waals surface area contributed by atoms with Gasteiger partial charge in [0.05, 0.1) is 6.42 Å². The summed E-state index contributed by atoms with van der Waals surface area (Å²) in [5, 5.41) is 9.86. The zero-order valence-electron chi connectivity index (χ0n) is 17.0. The molecule has 4 rings (SSSR count). The van der Waals surface area contributed by atoms with E-state index in [0.717, 1.165) is 24.0 Å². The Morgan fingerprint density at radius 1 is 0.935 bits per heavy atom. The van der Waals surface area contributed by atoms with Gasteiger partial charge in [-0.2, -0.15) is 4.98 Å². The van der Waals surface area contributed by atoms with Gasteiger partial charge in [-0.05, 0) is 42.2 Å². The largest absolute Gasteiger partial charge is 0.339 e. The fourth-order valence-corrected chi connectivity index (χ4v) is 3.21. The second kappa shape index (κ2) is 10.2. The van der Waals surface area contributed by atoms with Gasteiger partial charge >= 0.3 is 6.03 Å². The van der Waals surface area contributed by atoms with Gasteiger partial charge < -0.3 is 15.2 Å². The normalized spacial score (nSPS) is 10.6. The van der Waals surface area contributed by atoms with Gasteiger partial charge in [0.1, 0.15) is 0 Å². The van der Waals surface area contributed by atoms with Gasteiger partial charge in [0, 0.05) is 30.2 Å². The Labute approximate surface area is 180 Å². The third-order valence-electron chi connectivity index (χ3n) is 4.78. The number of nitrogens with zero attached hydrogens (tertiary/aromatic N) is 3. The summed E-state index contributed by atoms with van der Waals surface area (Å²) in [5.74, 6) is 0.989. The standard InChI is InChI=1S/C24H23N5O2/c30-24(26-14-6-9-18-7-2-1-3-8-18)27-21-11-5-4-10-20(21)17-22-28-23(29-31-22)19-12-15-25-16-13-19/h1-5,7-8,10-13,15-16H,6,9,14,17H2,(H2,26,27,30). The maximum Gasteiger partial charge on any atom is 0.319 e. The predicted molar refractivity (Wildman–Crippen MR) is 119 cm³/mol. The van der Waals surface area contributed by atoms with Crippen molar-refractivity contribution in [3.8, 4) is 11.4 Å². The fraction of sp³-hybridized carbons (Fsp3) is 0.167. The Hall–Kier alpha value is -4.00. The lowest BCUT2D eigenvalue weighted by Crippen LogP contribution is -2.30. The number of carbonyl (C=O) groups excluding carboxylic acids is 1. The van der Waals surface area contributed by atoms with Crippen LogP contribution >= 0.6 is 0 Å². The van der Waals surface area contributed by atoms with E-state index in [-0.39, 0.29) is 6.03 Å². The average molecular weight is 413 g/mol. The number of aromatic nitrogens is 3. The molecular formula is C24H23N5O2. The van der Waals surface area contributed by atoms with E-state index in [9.17, 15) is 4.79 Å². The zero-order valence-corrected chi connectivity index (χ0v) is 17.0. The lowest BCUT2D eigenvalue weighted by atomic mass is 10.1. The van der Waals surface area contributed by atoms with Gasteiger partial charge in [-0.15, -0.1) is 0 Å². The van der Waals surface area contributed by atoms with Crippen LogP contribution in [0.5, 0.6) is 0 Å². The van der Waals surface area contributed by atoms with E-state index < -0.39 is 0 Å². The highest BCUT2D eigenvalue weighted by Crippen LogP contribution is 2.20. The molecule has 2 aromatic heterocycles. The van der Waals surface area contributed by atoms with Crippen molar-refractivity contribution in [3.05, 3.63) is 96.1 Å². The number of nitrogens with one attached hydrogen (secondary N) is 2. The second-order valence-corrected chi connectivity index (χ2v) is 7.05. The molecule has 2 amide bonds. The Morgan fingerprint density at radius 2 is 1.71 bits per heavy atom. The summed E-state index contributed by atoms with van der Waals surface area (Å²) in [4.78, 5) is 20.8. The predicted octanol–water partition coefficient (Wildman–Crippen LogP) is 4.48. The molecule has 0 saturated carbocycles. The molecule has 2 heterocycles. The summed E-state index contributed by atoms with van der Waals surface area (Å²) in [6.07, 6.45) is 5.59. The van der Waals surface area contributed by atoms with Gasteiger partial charge in [-0.25, -0.2) is 4.79 Å². The van der Waals surface area contributed by atoms with Crippen LogP contribution in [0.2, 0.25) is 0 Å². The maximum atomic E-state index is 12.3. The molecule has 0 aliphatic carbocycles. The summed E-state index contributed by atoms with van der Waals surface area (Å²) in [6.45, 7) is 0.599. The third-order valence-corrected chi connectivity index (χ3v) is 4.78. The Balaban J connectivity index is 1.32. The molecule has 4 aromatic rings. The number of rotatable bonds is 8. The number of amides is 2. The monoisotopic (exact) mass is 413 g/mol. The summed E-state index contributed by atoms with van der Waals surface area (Å²) in [6, 6.07) is 21.2. The van der Waals surface area contributed by atoms with Gasteiger partial charge in [0.15, 0.2) is 0 Å². The van der Waals surface area contributed by atoms with Crippen LogP contribution in [0.3, 0.4) is 0 Å². The van der Waals surface area contributed by atoms with Gasteiger partial charge in [-0.3, -0.25) is 4.98 Å². The van der Waals surface area contributed by atoms with E-state index in [1.165, 1.54) is 5.56 Å². The maximum absolute atomic E-state index is 12.3. The van der Waals surface area contributed by atoms with Crippen molar-refractivity contribution in [2.75, 3.05) is 11.9 Å². The topological polar surface area (TPSA) is 92.9 Å². The summed E-state index contributed by atoms with van der Waals surface area (Å²) in [5.41, 5.74) is 3.71. The van der Waals surface area contributed by atoms with Crippen molar-refractivity contribution in [1.82, 2.24) is 20.4 Å². The number of hydrogen-bond donors (Lipinski definition) is 2. The molecule has 156 valence electrons. The van der Waals surface area contributed by atoms with Crippen LogP contribution in [0.4, 0.5) is 10.5 Å². The van der Waals surface area contributed by atoms with Crippen molar-refractivity contribution in [3.63, 3.8) is 0 Å². The number of urea groups is 1. The van der Waals surface area contributed by atoms with Gasteiger partial charge in [-0.1, -0.05) is 53.7 Å². The molecule has 0 spiro atoms. The SMILES string of the molecule is O=C(NCCCc1ccccc1)Nc1ccccc1Cc1nc(-c2ccncc2)no1. The van der Waals surface area contributed by atoms with Gasteiger partial charge in [0.2, 0.25) is 11.7 Å². The van der Waals surface area contributed by atoms with E-state index in [4.69, 9.17) is 4.52 Å². The van der Waals surface area contributed by atoms with Crippen molar-refractivity contribution in [1.29, 1.82) is 0 Å². The third kappa shape index (κ3) is 5.76.